The van der Waals surface area contributed by atoms with Crippen LogP contribution in [0.25, 0.3) is 0 Å². The normalized spacial score (nSPS) is 28.6. The molecule has 0 aromatic heterocycles. The molecular formula is C16H21NOS. The summed E-state index contributed by atoms with van der Waals surface area (Å²) in [6, 6.07) is 10.2. The van der Waals surface area contributed by atoms with E-state index in [1.54, 1.807) is 0 Å². The average molecular weight is 275 g/mol. The number of hydrogen-bond donors (Lipinski definition) is 0. The summed E-state index contributed by atoms with van der Waals surface area (Å²) in [5.41, 5.74) is 1.13. The summed E-state index contributed by atoms with van der Waals surface area (Å²) in [5.74, 6) is 0.576. The predicted octanol–water partition coefficient (Wildman–Crippen LogP) is 3.82. The third kappa shape index (κ3) is 3.25. The molecule has 4 unspecified atom stereocenters. The Morgan fingerprint density at radius 3 is 2.84 bits per heavy atom. The van der Waals surface area contributed by atoms with Crippen LogP contribution in [0.3, 0.4) is 0 Å². The van der Waals surface area contributed by atoms with E-state index in [1.807, 2.05) is 31.2 Å². The summed E-state index contributed by atoms with van der Waals surface area (Å²) < 4.78 is 12.7. The molecule has 0 saturated heterocycles. The van der Waals surface area contributed by atoms with Gasteiger partial charge in [0.25, 0.3) is 0 Å². The van der Waals surface area contributed by atoms with Gasteiger partial charge in [0.05, 0.1) is 28.0 Å². The zero-order valence-corrected chi connectivity index (χ0v) is 12.5. The first-order valence-electron chi connectivity index (χ1n) is 7.02. The van der Waals surface area contributed by atoms with Crippen LogP contribution in [0.4, 0.5) is 0 Å². The molecule has 0 heterocycles. The fraction of sp³-hybridized carbons (Fsp3) is 0.562. The predicted molar refractivity (Wildman–Crippen MR) is 78.1 cm³/mol. The van der Waals surface area contributed by atoms with Gasteiger partial charge < -0.3 is 0 Å². The summed E-state index contributed by atoms with van der Waals surface area (Å²) in [6.45, 7) is 4.20. The number of hydrogen-bond acceptors (Lipinski definition) is 2. The van der Waals surface area contributed by atoms with Crippen molar-refractivity contribution in [1.29, 1.82) is 5.26 Å². The van der Waals surface area contributed by atoms with Gasteiger partial charge in [0, 0.05) is 4.90 Å². The number of rotatable bonds is 3. The van der Waals surface area contributed by atoms with Gasteiger partial charge in [-0.05, 0) is 49.8 Å². The highest BCUT2D eigenvalue weighted by atomic mass is 32.2. The second-order valence-electron chi connectivity index (χ2n) is 5.48. The van der Waals surface area contributed by atoms with E-state index in [0.717, 1.165) is 36.1 Å². The van der Waals surface area contributed by atoms with E-state index in [1.165, 1.54) is 0 Å². The average Bonchev–Trinajstić information content (AvgIpc) is 2.45. The molecule has 2 rings (SSSR count). The van der Waals surface area contributed by atoms with Gasteiger partial charge in [-0.2, -0.15) is 5.26 Å². The number of aryl methyl sites for hydroxylation is 1. The Hall–Kier alpha value is -1.14. The van der Waals surface area contributed by atoms with Crippen LogP contribution in [0.5, 0.6) is 0 Å². The highest BCUT2D eigenvalue weighted by Gasteiger charge is 2.34. The summed E-state index contributed by atoms with van der Waals surface area (Å²) in [5, 5.41) is 9.29. The Balaban J connectivity index is 2.22. The van der Waals surface area contributed by atoms with Gasteiger partial charge in [-0.1, -0.05) is 25.5 Å². The van der Waals surface area contributed by atoms with Crippen LogP contribution in [0.2, 0.25) is 0 Å². The summed E-state index contributed by atoms with van der Waals surface area (Å²) in [4.78, 5) is 0.877. The molecule has 0 spiro atoms. The summed E-state index contributed by atoms with van der Waals surface area (Å²) >= 11 is 0. The molecule has 0 amide bonds. The van der Waals surface area contributed by atoms with E-state index >= 15 is 0 Å². The lowest BCUT2D eigenvalue weighted by Gasteiger charge is -2.31. The van der Waals surface area contributed by atoms with Crippen LogP contribution in [-0.2, 0) is 10.8 Å². The molecule has 1 aliphatic rings. The lowest BCUT2D eigenvalue weighted by molar-refractivity contribution is 0.313. The van der Waals surface area contributed by atoms with Crippen molar-refractivity contribution >= 4 is 10.8 Å². The van der Waals surface area contributed by atoms with Crippen molar-refractivity contribution in [3.05, 3.63) is 29.8 Å². The molecule has 102 valence electrons. The molecule has 2 nitrogen and oxygen atoms in total. The monoisotopic (exact) mass is 275 g/mol. The Kier molecular flexibility index (Phi) is 4.76. The Morgan fingerprint density at radius 1 is 1.42 bits per heavy atom. The van der Waals surface area contributed by atoms with Crippen molar-refractivity contribution in [2.75, 3.05) is 0 Å². The zero-order chi connectivity index (χ0) is 13.8. The maximum Gasteiger partial charge on any atom is 0.0668 e. The van der Waals surface area contributed by atoms with E-state index in [-0.39, 0.29) is 11.2 Å². The smallest absolute Gasteiger partial charge is 0.0668 e. The number of nitrogens with zero attached hydrogens (tertiary/aromatic N) is 1. The Bertz CT molecular complexity index is 506. The van der Waals surface area contributed by atoms with Crippen LogP contribution in [0, 0.1) is 30.1 Å². The van der Waals surface area contributed by atoms with E-state index in [0.29, 0.717) is 5.92 Å². The summed E-state index contributed by atoms with van der Waals surface area (Å²) in [7, 11) is -1.05. The van der Waals surface area contributed by atoms with Crippen molar-refractivity contribution < 1.29 is 4.21 Å². The maximum atomic E-state index is 12.7. The third-order valence-corrected chi connectivity index (χ3v) is 5.93. The van der Waals surface area contributed by atoms with E-state index in [9.17, 15) is 9.47 Å². The molecule has 1 aromatic carbocycles. The van der Waals surface area contributed by atoms with Crippen LogP contribution < -0.4 is 0 Å². The summed E-state index contributed by atoms with van der Waals surface area (Å²) in [6.07, 6.45) is 4.06. The van der Waals surface area contributed by atoms with Gasteiger partial charge >= 0.3 is 0 Å². The third-order valence-electron chi connectivity index (χ3n) is 4.14. The molecular weight excluding hydrogens is 254 g/mol. The second kappa shape index (κ2) is 6.34. The fourth-order valence-electron chi connectivity index (χ4n) is 2.88. The SMILES string of the molecule is CCC1CCC(C#N)C(S(=O)c2cccc(C)c2)C1. The van der Waals surface area contributed by atoms with Crippen LogP contribution in [0.1, 0.15) is 38.2 Å². The lowest BCUT2D eigenvalue weighted by Crippen LogP contribution is -2.32. The fourth-order valence-corrected chi connectivity index (χ4v) is 4.69. The zero-order valence-electron chi connectivity index (χ0n) is 11.6. The van der Waals surface area contributed by atoms with E-state index in [4.69, 9.17) is 0 Å². The number of nitriles is 1. The Morgan fingerprint density at radius 2 is 2.21 bits per heavy atom. The van der Waals surface area contributed by atoms with Crippen molar-refractivity contribution in [2.24, 2.45) is 11.8 Å². The lowest BCUT2D eigenvalue weighted by atomic mass is 9.81. The quantitative estimate of drug-likeness (QED) is 0.841. The maximum absolute atomic E-state index is 12.7. The first-order valence-corrected chi connectivity index (χ1v) is 8.23. The Labute approximate surface area is 118 Å². The molecule has 1 aromatic rings. The number of benzene rings is 1. The highest BCUT2D eigenvalue weighted by molar-refractivity contribution is 7.85. The minimum absolute atomic E-state index is 0.00509. The van der Waals surface area contributed by atoms with Crippen LogP contribution in [0.15, 0.2) is 29.2 Å². The standard InChI is InChI=1S/C16H21NOS/c1-3-13-7-8-14(11-17)16(10-13)19(18)15-6-4-5-12(2)9-15/h4-6,9,13-14,16H,3,7-8,10H2,1-2H3. The molecule has 3 heteroatoms. The molecule has 1 aliphatic carbocycles. The van der Waals surface area contributed by atoms with Gasteiger partial charge in [-0.3, -0.25) is 4.21 Å². The highest BCUT2D eigenvalue weighted by Crippen LogP contribution is 2.35. The molecule has 4 atom stereocenters. The molecule has 0 N–H and O–H groups in total. The molecule has 19 heavy (non-hydrogen) atoms. The van der Waals surface area contributed by atoms with Crippen molar-refractivity contribution in [3.63, 3.8) is 0 Å². The minimum Gasteiger partial charge on any atom is -0.254 e. The first kappa shape index (κ1) is 14.3. The van der Waals surface area contributed by atoms with Gasteiger partial charge in [0.2, 0.25) is 0 Å². The van der Waals surface area contributed by atoms with Gasteiger partial charge in [-0.25, -0.2) is 0 Å². The minimum atomic E-state index is -1.05. The van der Waals surface area contributed by atoms with E-state index < -0.39 is 10.8 Å². The van der Waals surface area contributed by atoms with Crippen molar-refractivity contribution in [2.45, 2.75) is 49.7 Å². The van der Waals surface area contributed by atoms with Crippen molar-refractivity contribution in [3.8, 4) is 6.07 Å². The molecule has 1 fully saturated rings. The molecule has 0 radical (unpaired) electrons. The van der Waals surface area contributed by atoms with Gasteiger partial charge in [0.15, 0.2) is 0 Å². The van der Waals surface area contributed by atoms with Crippen LogP contribution in [-0.4, -0.2) is 9.46 Å². The van der Waals surface area contributed by atoms with Crippen molar-refractivity contribution in [1.82, 2.24) is 0 Å². The topological polar surface area (TPSA) is 40.9 Å². The van der Waals surface area contributed by atoms with E-state index in [2.05, 4.69) is 13.0 Å². The molecule has 1 saturated carbocycles. The molecule has 0 aliphatic heterocycles. The second-order valence-corrected chi connectivity index (χ2v) is 7.15. The molecule has 0 bridgehead atoms. The van der Waals surface area contributed by atoms with Gasteiger partial charge in [0.1, 0.15) is 0 Å². The van der Waals surface area contributed by atoms with Crippen LogP contribution >= 0.6 is 0 Å². The largest absolute Gasteiger partial charge is 0.254 e. The van der Waals surface area contributed by atoms with Gasteiger partial charge in [-0.15, -0.1) is 0 Å². The first-order chi connectivity index (χ1) is 9.15.